The summed E-state index contributed by atoms with van der Waals surface area (Å²) in [5, 5.41) is 0.519. The van der Waals surface area contributed by atoms with Crippen molar-refractivity contribution >= 4 is 17.6 Å². The molecule has 0 fully saturated rings. The monoisotopic (exact) mass is 352 g/mol. The van der Waals surface area contributed by atoms with Crippen LogP contribution in [-0.4, -0.2) is 22.5 Å². The maximum atomic E-state index is 12.5. The van der Waals surface area contributed by atoms with Crippen molar-refractivity contribution in [1.82, 2.24) is 9.97 Å². The van der Waals surface area contributed by atoms with E-state index in [1.54, 1.807) is 19.9 Å². The van der Waals surface area contributed by atoms with Crippen LogP contribution in [0.5, 0.6) is 0 Å². The van der Waals surface area contributed by atoms with E-state index in [9.17, 15) is 4.79 Å². The summed E-state index contributed by atoms with van der Waals surface area (Å²) < 4.78 is 5.19. The first-order valence-corrected chi connectivity index (χ1v) is 8.35. The van der Waals surface area contributed by atoms with Crippen molar-refractivity contribution in [2.24, 2.45) is 0 Å². The Morgan fingerprint density at radius 1 is 1.04 bits per heavy atom. The quantitative estimate of drug-likeness (QED) is 0.623. The summed E-state index contributed by atoms with van der Waals surface area (Å²) in [5.41, 5.74) is 2.93. The SMILES string of the molecule is CCOC(=O)c1c(C)nc(-c2ccccc2)nc1-c1ccccc1Cl. The van der Waals surface area contributed by atoms with E-state index >= 15 is 0 Å². The molecule has 126 valence electrons. The van der Waals surface area contributed by atoms with E-state index in [1.165, 1.54) is 0 Å². The lowest BCUT2D eigenvalue weighted by Crippen LogP contribution is -2.12. The van der Waals surface area contributed by atoms with E-state index in [0.29, 0.717) is 33.4 Å². The van der Waals surface area contributed by atoms with Crippen molar-refractivity contribution in [1.29, 1.82) is 0 Å². The molecule has 2 aromatic carbocycles. The van der Waals surface area contributed by atoms with Gasteiger partial charge in [-0.25, -0.2) is 14.8 Å². The lowest BCUT2D eigenvalue weighted by atomic mass is 10.0. The zero-order chi connectivity index (χ0) is 17.8. The van der Waals surface area contributed by atoms with Gasteiger partial charge in [-0.15, -0.1) is 0 Å². The van der Waals surface area contributed by atoms with Crippen LogP contribution in [0.3, 0.4) is 0 Å². The van der Waals surface area contributed by atoms with Crippen LogP contribution in [0, 0.1) is 6.92 Å². The second kappa shape index (κ2) is 7.45. The lowest BCUT2D eigenvalue weighted by molar-refractivity contribution is 0.0525. The Hall–Kier alpha value is -2.72. The van der Waals surface area contributed by atoms with Gasteiger partial charge in [0.05, 0.1) is 18.0 Å². The van der Waals surface area contributed by atoms with Crippen LogP contribution < -0.4 is 0 Å². The number of hydrogen-bond acceptors (Lipinski definition) is 4. The van der Waals surface area contributed by atoms with E-state index in [2.05, 4.69) is 9.97 Å². The first-order valence-electron chi connectivity index (χ1n) is 7.98. The molecule has 0 aliphatic rings. The number of benzene rings is 2. The number of carbonyl (C=O) groups excluding carboxylic acids is 1. The van der Waals surface area contributed by atoms with Crippen molar-refractivity contribution in [3.8, 4) is 22.6 Å². The van der Waals surface area contributed by atoms with E-state index in [-0.39, 0.29) is 6.61 Å². The van der Waals surface area contributed by atoms with E-state index < -0.39 is 5.97 Å². The molecule has 0 atom stereocenters. The summed E-state index contributed by atoms with van der Waals surface area (Å²) in [6, 6.07) is 16.9. The maximum Gasteiger partial charge on any atom is 0.342 e. The maximum absolute atomic E-state index is 12.5. The van der Waals surface area contributed by atoms with E-state index in [0.717, 1.165) is 5.56 Å². The largest absolute Gasteiger partial charge is 0.462 e. The highest BCUT2D eigenvalue weighted by Gasteiger charge is 2.22. The second-order valence-corrected chi connectivity index (χ2v) is 5.83. The Labute approximate surface area is 151 Å². The molecule has 0 saturated carbocycles. The van der Waals surface area contributed by atoms with Crippen molar-refractivity contribution in [2.75, 3.05) is 6.61 Å². The summed E-state index contributed by atoms with van der Waals surface area (Å²) in [6.07, 6.45) is 0. The fraction of sp³-hybridized carbons (Fsp3) is 0.150. The fourth-order valence-corrected chi connectivity index (χ4v) is 2.81. The third-order valence-electron chi connectivity index (χ3n) is 3.73. The van der Waals surface area contributed by atoms with Crippen LogP contribution in [-0.2, 0) is 4.74 Å². The van der Waals surface area contributed by atoms with Gasteiger partial charge in [0.2, 0.25) is 0 Å². The molecule has 5 heteroatoms. The standard InChI is InChI=1S/C20H17ClN2O2/c1-3-25-20(24)17-13(2)22-19(14-9-5-4-6-10-14)23-18(17)15-11-7-8-12-16(15)21/h4-12H,3H2,1-2H3. The number of hydrogen-bond donors (Lipinski definition) is 0. The molecule has 0 bridgehead atoms. The zero-order valence-corrected chi connectivity index (χ0v) is 14.7. The van der Waals surface area contributed by atoms with Crippen LogP contribution >= 0.6 is 11.6 Å². The third-order valence-corrected chi connectivity index (χ3v) is 4.06. The third kappa shape index (κ3) is 3.54. The number of ether oxygens (including phenoxy) is 1. The average molecular weight is 353 g/mol. The van der Waals surface area contributed by atoms with Gasteiger partial charge in [0.15, 0.2) is 5.82 Å². The molecule has 0 amide bonds. The highest BCUT2D eigenvalue weighted by atomic mass is 35.5. The predicted octanol–water partition coefficient (Wildman–Crippen LogP) is 4.95. The van der Waals surface area contributed by atoms with Crippen molar-refractivity contribution in [3.05, 3.63) is 70.9 Å². The number of halogens is 1. The molecule has 1 aromatic heterocycles. The molecule has 0 radical (unpaired) electrons. The van der Waals surface area contributed by atoms with E-state index in [4.69, 9.17) is 16.3 Å². The molecular weight excluding hydrogens is 336 g/mol. The Balaban J connectivity index is 2.26. The normalized spacial score (nSPS) is 10.5. The van der Waals surface area contributed by atoms with Crippen molar-refractivity contribution < 1.29 is 9.53 Å². The number of nitrogens with zero attached hydrogens (tertiary/aromatic N) is 2. The Morgan fingerprint density at radius 2 is 1.72 bits per heavy atom. The Morgan fingerprint density at radius 3 is 2.40 bits per heavy atom. The zero-order valence-electron chi connectivity index (χ0n) is 14.0. The van der Waals surface area contributed by atoms with Gasteiger partial charge in [0, 0.05) is 16.1 Å². The Kier molecular flexibility index (Phi) is 5.10. The summed E-state index contributed by atoms with van der Waals surface area (Å²) >= 11 is 6.35. The fourth-order valence-electron chi connectivity index (χ4n) is 2.59. The smallest absolute Gasteiger partial charge is 0.342 e. The highest BCUT2D eigenvalue weighted by molar-refractivity contribution is 6.33. The highest BCUT2D eigenvalue weighted by Crippen LogP contribution is 2.32. The van der Waals surface area contributed by atoms with Crippen LogP contribution in [0.15, 0.2) is 54.6 Å². The number of rotatable bonds is 4. The summed E-state index contributed by atoms with van der Waals surface area (Å²) in [4.78, 5) is 21.6. The van der Waals surface area contributed by atoms with Gasteiger partial charge in [-0.1, -0.05) is 60.1 Å². The van der Waals surface area contributed by atoms with E-state index in [1.807, 2.05) is 48.5 Å². The molecule has 3 aromatic rings. The van der Waals surface area contributed by atoms with Gasteiger partial charge in [-0.3, -0.25) is 0 Å². The predicted molar refractivity (Wildman–Crippen MR) is 98.6 cm³/mol. The minimum atomic E-state index is -0.450. The molecule has 1 heterocycles. The molecule has 3 rings (SSSR count). The number of aryl methyl sites for hydroxylation is 1. The van der Waals surface area contributed by atoms with Crippen LogP contribution in [0.1, 0.15) is 23.0 Å². The van der Waals surface area contributed by atoms with Crippen molar-refractivity contribution in [2.45, 2.75) is 13.8 Å². The van der Waals surface area contributed by atoms with Gasteiger partial charge in [-0.05, 0) is 19.9 Å². The lowest BCUT2D eigenvalue weighted by Gasteiger charge is -2.14. The molecule has 4 nitrogen and oxygen atoms in total. The number of carbonyl (C=O) groups is 1. The van der Waals surface area contributed by atoms with Gasteiger partial charge >= 0.3 is 5.97 Å². The molecule has 25 heavy (non-hydrogen) atoms. The van der Waals surface area contributed by atoms with Crippen LogP contribution in [0.4, 0.5) is 0 Å². The Bertz CT molecular complexity index is 911. The summed E-state index contributed by atoms with van der Waals surface area (Å²) in [6.45, 7) is 3.82. The molecule has 0 spiro atoms. The molecular formula is C20H17ClN2O2. The topological polar surface area (TPSA) is 52.1 Å². The van der Waals surface area contributed by atoms with Gasteiger partial charge < -0.3 is 4.74 Å². The van der Waals surface area contributed by atoms with Crippen LogP contribution in [0.2, 0.25) is 5.02 Å². The second-order valence-electron chi connectivity index (χ2n) is 5.42. The minimum Gasteiger partial charge on any atom is -0.462 e. The van der Waals surface area contributed by atoms with Gasteiger partial charge in [0.25, 0.3) is 0 Å². The van der Waals surface area contributed by atoms with Gasteiger partial charge in [-0.2, -0.15) is 0 Å². The minimum absolute atomic E-state index is 0.278. The molecule has 0 saturated heterocycles. The molecule has 0 aliphatic carbocycles. The van der Waals surface area contributed by atoms with Gasteiger partial charge in [0.1, 0.15) is 5.56 Å². The van der Waals surface area contributed by atoms with Crippen LogP contribution in [0.25, 0.3) is 22.6 Å². The molecule has 0 unspecified atom stereocenters. The first-order chi connectivity index (χ1) is 12.1. The average Bonchev–Trinajstić information content (AvgIpc) is 2.62. The van der Waals surface area contributed by atoms with Crippen molar-refractivity contribution in [3.63, 3.8) is 0 Å². The first kappa shape index (κ1) is 17.1. The molecule has 0 aliphatic heterocycles. The number of esters is 1. The summed E-state index contributed by atoms with van der Waals surface area (Å²) in [7, 11) is 0. The number of aromatic nitrogens is 2. The summed E-state index contributed by atoms with van der Waals surface area (Å²) in [5.74, 6) is 0.0931. The molecule has 0 N–H and O–H groups in total.